The average Bonchev–Trinajstić information content (AvgIpc) is 3.34. The molecular weight excluding hydrogens is 396 g/mol. The first-order chi connectivity index (χ1) is 13.7. The van der Waals surface area contributed by atoms with Crippen molar-refractivity contribution < 1.29 is 14.3 Å². The van der Waals surface area contributed by atoms with E-state index in [0.29, 0.717) is 36.3 Å². The summed E-state index contributed by atoms with van der Waals surface area (Å²) in [7, 11) is 0. The summed E-state index contributed by atoms with van der Waals surface area (Å²) in [6, 6.07) is 8.14. The third kappa shape index (κ3) is 4.62. The zero-order chi connectivity index (χ0) is 19.3. The Kier molecular flexibility index (Phi) is 6.40. The highest BCUT2D eigenvalue weighted by Crippen LogP contribution is 2.38. The molecular formula is C21H25ClN2O3S. The molecule has 1 aromatic heterocycles. The SMILES string of the molecule is O=C(Cc1cc(Cl)c2c(c1)OCCCO2)NC[C@H](c1cccs1)N1CCCC1. The average molecular weight is 421 g/mol. The van der Waals surface area contributed by atoms with Crippen molar-refractivity contribution >= 4 is 28.8 Å². The van der Waals surface area contributed by atoms with Gasteiger partial charge in [-0.05, 0) is 55.1 Å². The lowest BCUT2D eigenvalue weighted by molar-refractivity contribution is -0.120. The van der Waals surface area contributed by atoms with Crippen LogP contribution in [0.15, 0.2) is 29.6 Å². The van der Waals surface area contributed by atoms with Crippen molar-refractivity contribution in [2.75, 3.05) is 32.8 Å². The first-order valence-electron chi connectivity index (χ1n) is 9.83. The number of rotatable bonds is 6. The fourth-order valence-electron chi connectivity index (χ4n) is 3.79. The van der Waals surface area contributed by atoms with Gasteiger partial charge in [-0.15, -0.1) is 11.3 Å². The maximum absolute atomic E-state index is 12.6. The Hall–Kier alpha value is -1.76. The van der Waals surface area contributed by atoms with Gasteiger partial charge >= 0.3 is 0 Å². The molecule has 5 nitrogen and oxygen atoms in total. The van der Waals surface area contributed by atoms with E-state index in [4.69, 9.17) is 21.1 Å². The van der Waals surface area contributed by atoms with Crippen LogP contribution in [0.2, 0.25) is 5.02 Å². The van der Waals surface area contributed by atoms with Gasteiger partial charge in [0, 0.05) is 17.8 Å². The minimum absolute atomic E-state index is 0.00805. The molecule has 1 aromatic carbocycles. The minimum atomic E-state index is -0.00805. The number of hydrogen-bond acceptors (Lipinski definition) is 5. The van der Waals surface area contributed by atoms with Gasteiger partial charge in [0.15, 0.2) is 11.5 Å². The number of fused-ring (bicyclic) bond motifs is 1. The number of carbonyl (C=O) groups is 1. The van der Waals surface area contributed by atoms with Gasteiger partial charge in [-0.3, -0.25) is 9.69 Å². The summed E-state index contributed by atoms with van der Waals surface area (Å²) >= 11 is 8.09. The Labute approximate surface area is 174 Å². The Balaban J connectivity index is 1.40. The molecule has 2 aliphatic rings. The molecule has 1 N–H and O–H groups in total. The normalized spacial score (nSPS) is 17.9. The second-order valence-electron chi connectivity index (χ2n) is 7.21. The molecule has 0 unspecified atom stereocenters. The zero-order valence-electron chi connectivity index (χ0n) is 15.8. The van der Waals surface area contributed by atoms with Crippen molar-refractivity contribution in [1.29, 1.82) is 0 Å². The quantitative estimate of drug-likeness (QED) is 0.765. The van der Waals surface area contributed by atoms with Gasteiger partial charge in [0.2, 0.25) is 5.91 Å². The molecule has 1 saturated heterocycles. The molecule has 0 radical (unpaired) electrons. The van der Waals surface area contributed by atoms with E-state index in [1.165, 1.54) is 17.7 Å². The summed E-state index contributed by atoms with van der Waals surface area (Å²) in [5.41, 5.74) is 0.834. The number of halogens is 1. The van der Waals surface area contributed by atoms with Crippen LogP contribution in [-0.4, -0.2) is 43.7 Å². The number of ether oxygens (including phenoxy) is 2. The van der Waals surface area contributed by atoms with Crippen molar-refractivity contribution in [3.8, 4) is 11.5 Å². The third-order valence-corrected chi connectivity index (χ3v) is 6.43. The molecule has 4 rings (SSSR count). The van der Waals surface area contributed by atoms with Crippen LogP contribution in [0, 0.1) is 0 Å². The van der Waals surface area contributed by atoms with Gasteiger partial charge in [-0.25, -0.2) is 0 Å². The van der Waals surface area contributed by atoms with E-state index >= 15 is 0 Å². The van der Waals surface area contributed by atoms with Crippen LogP contribution in [0.1, 0.15) is 35.7 Å². The molecule has 0 bridgehead atoms. The minimum Gasteiger partial charge on any atom is -0.489 e. The van der Waals surface area contributed by atoms with Crippen LogP contribution in [0.4, 0.5) is 0 Å². The zero-order valence-corrected chi connectivity index (χ0v) is 17.4. The van der Waals surface area contributed by atoms with Crippen molar-refractivity contribution in [1.82, 2.24) is 10.2 Å². The number of likely N-dealkylation sites (tertiary alicyclic amines) is 1. The Bertz CT molecular complexity index is 806. The van der Waals surface area contributed by atoms with Gasteiger partial charge in [0.1, 0.15) is 0 Å². The molecule has 2 aliphatic heterocycles. The Morgan fingerprint density at radius 2 is 2.04 bits per heavy atom. The highest BCUT2D eigenvalue weighted by Gasteiger charge is 2.25. The summed E-state index contributed by atoms with van der Waals surface area (Å²) in [6.07, 6.45) is 3.55. The molecule has 0 spiro atoms. The van der Waals surface area contributed by atoms with E-state index in [2.05, 4.69) is 27.7 Å². The smallest absolute Gasteiger partial charge is 0.224 e. The van der Waals surface area contributed by atoms with Crippen molar-refractivity contribution in [2.45, 2.75) is 31.7 Å². The summed E-state index contributed by atoms with van der Waals surface area (Å²) in [6.45, 7) is 3.99. The fourth-order valence-corrected chi connectivity index (χ4v) is 4.94. The first-order valence-corrected chi connectivity index (χ1v) is 11.1. The molecule has 28 heavy (non-hydrogen) atoms. The van der Waals surface area contributed by atoms with Crippen LogP contribution in [-0.2, 0) is 11.2 Å². The predicted octanol–water partition coefficient (Wildman–Crippen LogP) is 4.06. The number of benzene rings is 1. The van der Waals surface area contributed by atoms with E-state index in [9.17, 15) is 4.79 Å². The molecule has 0 aliphatic carbocycles. The van der Waals surface area contributed by atoms with Gasteiger partial charge in [0.25, 0.3) is 0 Å². The van der Waals surface area contributed by atoms with Crippen LogP contribution in [0.5, 0.6) is 11.5 Å². The molecule has 150 valence electrons. The lowest BCUT2D eigenvalue weighted by Gasteiger charge is -2.27. The second kappa shape index (κ2) is 9.16. The molecule has 0 saturated carbocycles. The van der Waals surface area contributed by atoms with Gasteiger partial charge in [-0.2, -0.15) is 0 Å². The molecule has 1 atom stereocenters. The predicted molar refractivity (Wildman–Crippen MR) is 112 cm³/mol. The summed E-state index contributed by atoms with van der Waals surface area (Å²) < 4.78 is 11.4. The number of nitrogens with one attached hydrogen (secondary N) is 1. The van der Waals surface area contributed by atoms with Gasteiger partial charge < -0.3 is 14.8 Å². The summed E-state index contributed by atoms with van der Waals surface area (Å²) in [4.78, 5) is 16.4. The monoisotopic (exact) mass is 420 g/mol. The number of nitrogens with zero attached hydrogens (tertiary/aromatic N) is 1. The summed E-state index contributed by atoms with van der Waals surface area (Å²) in [5.74, 6) is 1.20. The molecule has 1 amide bonds. The Morgan fingerprint density at radius 3 is 2.82 bits per heavy atom. The van der Waals surface area contributed by atoms with Gasteiger partial charge in [0.05, 0.1) is 30.7 Å². The molecule has 7 heteroatoms. The fraction of sp³-hybridized carbons (Fsp3) is 0.476. The van der Waals surface area contributed by atoms with Crippen LogP contribution in [0.3, 0.4) is 0 Å². The van der Waals surface area contributed by atoms with E-state index in [1.54, 1.807) is 17.4 Å². The van der Waals surface area contributed by atoms with Crippen LogP contribution >= 0.6 is 22.9 Å². The highest BCUT2D eigenvalue weighted by molar-refractivity contribution is 7.10. The van der Waals surface area contributed by atoms with Crippen molar-refractivity contribution in [3.05, 3.63) is 45.1 Å². The van der Waals surface area contributed by atoms with E-state index in [0.717, 1.165) is 25.1 Å². The van der Waals surface area contributed by atoms with Crippen molar-refractivity contribution in [2.24, 2.45) is 0 Å². The first kappa shape index (κ1) is 19.6. The van der Waals surface area contributed by atoms with E-state index in [1.807, 2.05) is 6.07 Å². The lowest BCUT2D eigenvalue weighted by Crippen LogP contribution is -2.37. The summed E-state index contributed by atoms with van der Waals surface area (Å²) in [5, 5.41) is 5.71. The molecule has 2 aromatic rings. The number of amides is 1. The number of carbonyl (C=O) groups excluding carboxylic acids is 1. The highest BCUT2D eigenvalue weighted by atomic mass is 35.5. The Morgan fingerprint density at radius 1 is 1.21 bits per heavy atom. The lowest BCUT2D eigenvalue weighted by atomic mass is 10.1. The third-order valence-electron chi connectivity index (χ3n) is 5.17. The van der Waals surface area contributed by atoms with Crippen molar-refractivity contribution in [3.63, 3.8) is 0 Å². The standard InChI is InChI=1S/C21H25ClN2O3S/c22-16-11-15(12-18-21(16)27-9-4-8-26-18)13-20(25)23-14-17(19-5-3-10-28-19)24-6-1-2-7-24/h3,5,10-12,17H,1-2,4,6-9,13-14H2,(H,23,25)/t17-/m1/s1. The topological polar surface area (TPSA) is 50.8 Å². The number of thiophene rings is 1. The largest absolute Gasteiger partial charge is 0.489 e. The molecule has 3 heterocycles. The van der Waals surface area contributed by atoms with Gasteiger partial charge in [-0.1, -0.05) is 17.7 Å². The van der Waals surface area contributed by atoms with E-state index < -0.39 is 0 Å². The number of hydrogen-bond donors (Lipinski definition) is 1. The molecule has 1 fully saturated rings. The maximum Gasteiger partial charge on any atom is 0.224 e. The van der Waals surface area contributed by atoms with E-state index in [-0.39, 0.29) is 18.4 Å². The second-order valence-corrected chi connectivity index (χ2v) is 8.60. The van der Waals surface area contributed by atoms with Crippen LogP contribution < -0.4 is 14.8 Å². The van der Waals surface area contributed by atoms with Crippen LogP contribution in [0.25, 0.3) is 0 Å². The maximum atomic E-state index is 12.6.